The van der Waals surface area contributed by atoms with Crippen molar-refractivity contribution in [1.29, 1.82) is 0 Å². The molecule has 4 bridgehead atoms. The van der Waals surface area contributed by atoms with Gasteiger partial charge < -0.3 is 4.74 Å². The van der Waals surface area contributed by atoms with Crippen molar-refractivity contribution >= 4 is 16.1 Å². The van der Waals surface area contributed by atoms with Crippen molar-refractivity contribution in [2.24, 2.45) is 41.4 Å². The lowest BCUT2D eigenvalue weighted by Gasteiger charge is -2.32. The molecule has 0 amide bonds. The molecule has 4 saturated carbocycles. The van der Waals surface area contributed by atoms with Gasteiger partial charge in [0.25, 0.3) is 10.1 Å². The summed E-state index contributed by atoms with van der Waals surface area (Å²) in [6.07, 6.45) is 2.77. The summed E-state index contributed by atoms with van der Waals surface area (Å²) in [5.41, 5.74) is 0. The van der Waals surface area contributed by atoms with Crippen molar-refractivity contribution < 1.29 is 22.1 Å². The van der Waals surface area contributed by atoms with Crippen LogP contribution in [0.15, 0.2) is 0 Å². The Morgan fingerprint density at radius 3 is 2.43 bits per heavy atom. The number of carbonyl (C=O) groups is 1. The Labute approximate surface area is 137 Å². The predicted octanol–water partition coefficient (Wildman–Crippen LogP) is 1.96. The highest BCUT2D eigenvalue weighted by Gasteiger charge is 2.65. The number of hydrogen-bond donors (Lipinski definition) is 0. The van der Waals surface area contributed by atoms with Gasteiger partial charge in [0.15, 0.2) is 0 Å². The average Bonchev–Trinajstić information content (AvgIpc) is 3.23. The summed E-state index contributed by atoms with van der Waals surface area (Å²) in [4.78, 5) is 12.7. The van der Waals surface area contributed by atoms with Crippen LogP contribution in [0.4, 0.5) is 0 Å². The number of rotatable bonds is 2. The first kappa shape index (κ1) is 14.7. The highest BCUT2D eigenvalue weighted by Crippen LogP contribution is 2.57. The lowest BCUT2D eigenvalue weighted by molar-refractivity contribution is -0.164. The third-order valence-corrected chi connectivity index (χ3v) is 9.64. The molecule has 5 rings (SSSR count). The van der Waals surface area contributed by atoms with E-state index in [0.717, 1.165) is 19.3 Å². The molecule has 0 aromatic carbocycles. The summed E-state index contributed by atoms with van der Waals surface area (Å²) in [5.74, 6) is 2.52. The third-order valence-electron chi connectivity index (χ3n) is 7.87. The standard InChI is InChI=1S/C17H24O5S/c1-7-8(2)11-3-9(7)4-12(11)17(18)21-15-10-5-13-14(6-10)23(19,20)22-16(13)15/h7-16H,3-6H2,1-2H3. The lowest BCUT2D eigenvalue weighted by Crippen LogP contribution is -2.40. The minimum absolute atomic E-state index is 0.0131. The predicted molar refractivity (Wildman–Crippen MR) is 81.7 cm³/mol. The average molecular weight is 340 g/mol. The largest absolute Gasteiger partial charge is 0.459 e. The first-order valence-corrected chi connectivity index (χ1v) is 10.5. The van der Waals surface area contributed by atoms with Crippen molar-refractivity contribution in [1.82, 2.24) is 0 Å². The molecule has 5 nitrogen and oxygen atoms in total. The summed E-state index contributed by atoms with van der Waals surface area (Å²) in [5, 5.41) is -0.351. The van der Waals surface area contributed by atoms with Gasteiger partial charge in [-0.05, 0) is 49.4 Å². The fourth-order valence-corrected chi connectivity index (χ4v) is 8.36. The van der Waals surface area contributed by atoms with Crippen LogP contribution in [0.2, 0.25) is 0 Å². The Bertz CT molecular complexity index is 656. The molecular weight excluding hydrogens is 316 g/mol. The number of esters is 1. The van der Waals surface area contributed by atoms with E-state index in [1.165, 1.54) is 0 Å². The molecule has 5 fully saturated rings. The molecule has 1 aliphatic heterocycles. The zero-order valence-corrected chi connectivity index (χ0v) is 14.4. The van der Waals surface area contributed by atoms with Gasteiger partial charge in [-0.2, -0.15) is 8.42 Å². The van der Waals surface area contributed by atoms with Crippen LogP contribution in [0.25, 0.3) is 0 Å². The molecule has 10 atom stereocenters. The van der Waals surface area contributed by atoms with E-state index in [2.05, 4.69) is 13.8 Å². The molecule has 0 radical (unpaired) electrons. The molecule has 23 heavy (non-hydrogen) atoms. The number of hydrogen-bond acceptors (Lipinski definition) is 5. The highest BCUT2D eigenvalue weighted by molar-refractivity contribution is 7.87. The summed E-state index contributed by atoms with van der Waals surface area (Å²) in [6.45, 7) is 4.55. The van der Waals surface area contributed by atoms with E-state index in [4.69, 9.17) is 8.92 Å². The van der Waals surface area contributed by atoms with E-state index in [9.17, 15) is 13.2 Å². The Morgan fingerprint density at radius 2 is 1.74 bits per heavy atom. The molecule has 0 N–H and O–H groups in total. The van der Waals surface area contributed by atoms with E-state index in [1.807, 2.05) is 0 Å². The maximum atomic E-state index is 12.7. The quantitative estimate of drug-likeness (QED) is 0.568. The van der Waals surface area contributed by atoms with Gasteiger partial charge in [-0.1, -0.05) is 13.8 Å². The van der Waals surface area contributed by atoms with Crippen LogP contribution in [0.5, 0.6) is 0 Å². The lowest BCUT2D eigenvalue weighted by atomic mass is 9.76. The van der Waals surface area contributed by atoms with Crippen molar-refractivity contribution in [3.63, 3.8) is 0 Å². The summed E-state index contributed by atoms with van der Waals surface area (Å²) >= 11 is 0. The van der Waals surface area contributed by atoms with Crippen molar-refractivity contribution in [3.8, 4) is 0 Å². The van der Waals surface area contributed by atoms with Crippen LogP contribution in [-0.4, -0.2) is 31.8 Å². The minimum atomic E-state index is -3.43. The topological polar surface area (TPSA) is 69.7 Å². The zero-order chi connectivity index (χ0) is 16.1. The third kappa shape index (κ3) is 1.82. The Hall–Kier alpha value is -0.620. The molecule has 1 heterocycles. The van der Waals surface area contributed by atoms with E-state index < -0.39 is 16.2 Å². The van der Waals surface area contributed by atoms with E-state index in [-0.39, 0.29) is 35.1 Å². The van der Waals surface area contributed by atoms with E-state index in [0.29, 0.717) is 30.1 Å². The van der Waals surface area contributed by atoms with Gasteiger partial charge in [-0.25, -0.2) is 0 Å². The first-order valence-electron chi connectivity index (χ1n) is 8.99. The monoisotopic (exact) mass is 340 g/mol. The van der Waals surface area contributed by atoms with Crippen LogP contribution in [0.3, 0.4) is 0 Å². The Kier molecular flexibility index (Phi) is 2.88. The van der Waals surface area contributed by atoms with Gasteiger partial charge >= 0.3 is 5.97 Å². The highest BCUT2D eigenvalue weighted by atomic mass is 32.2. The van der Waals surface area contributed by atoms with Gasteiger partial charge in [0, 0.05) is 11.8 Å². The second-order valence-electron chi connectivity index (χ2n) is 8.61. The number of carbonyl (C=O) groups excluding carboxylic acids is 1. The molecule has 0 aromatic rings. The van der Waals surface area contributed by atoms with Gasteiger partial charge in [-0.15, -0.1) is 0 Å². The first-order chi connectivity index (χ1) is 10.9. The van der Waals surface area contributed by atoms with Crippen molar-refractivity contribution in [2.45, 2.75) is 57.0 Å². The number of fused-ring (bicyclic) bond motifs is 3. The zero-order valence-electron chi connectivity index (χ0n) is 13.6. The fourth-order valence-electron chi connectivity index (χ4n) is 6.48. The smallest absolute Gasteiger partial charge is 0.309 e. The minimum Gasteiger partial charge on any atom is -0.459 e. The maximum absolute atomic E-state index is 12.7. The fraction of sp³-hybridized carbons (Fsp3) is 0.941. The van der Waals surface area contributed by atoms with E-state index in [1.54, 1.807) is 0 Å². The molecular formula is C17H24O5S. The Morgan fingerprint density at radius 1 is 1.00 bits per heavy atom. The van der Waals surface area contributed by atoms with Gasteiger partial charge in [0.05, 0.1) is 11.2 Å². The molecule has 6 heteroatoms. The van der Waals surface area contributed by atoms with Crippen molar-refractivity contribution in [3.05, 3.63) is 0 Å². The van der Waals surface area contributed by atoms with Gasteiger partial charge in [-0.3, -0.25) is 8.98 Å². The van der Waals surface area contributed by atoms with Crippen LogP contribution in [0.1, 0.15) is 39.5 Å². The molecule has 5 aliphatic rings. The van der Waals surface area contributed by atoms with Gasteiger partial charge in [0.2, 0.25) is 0 Å². The SMILES string of the molecule is CC1C2CC(C(=O)OC3C4CC5C3OS(=O)(=O)C5C4)C(C2)C1C. The molecule has 0 aromatic heterocycles. The molecule has 0 spiro atoms. The summed E-state index contributed by atoms with van der Waals surface area (Å²) in [7, 11) is -3.43. The maximum Gasteiger partial charge on any atom is 0.309 e. The molecule has 4 aliphatic carbocycles. The van der Waals surface area contributed by atoms with E-state index >= 15 is 0 Å². The summed E-state index contributed by atoms with van der Waals surface area (Å²) in [6, 6.07) is 0. The van der Waals surface area contributed by atoms with Crippen LogP contribution >= 0.6 is 0 Å². The van der Waals surface area contributed by atoms with Crippen LogP contribution in [-0.2, 0) is 23.8 Å². The van der Waals surface area contributed by atoms with Crippen LogP contribution in [0, 0.1) is 41.4 Å². The molecule has 1 saturated heterocycles. The second kappa shape index (κ2) is 4.51. The second-order valence-corrected chi connectivity index (χ2v) is 10.4. The van der Waals surface area contributed by atoms with Gasteiger partial charge in [0.1, 0.15) is 12.2 Å². The molecule has 128 valence electrons. The van der Waals surface area contributed by atoms with Crippen molar-refractivity contribution in [2.75, 3.05) is 0 Å². The van der Waals surface area contributed by atoms with Crippen LogP contribution < -0.4 is 0 Å². The Balaban J connectivity index is 1.32. The molecule has 10 unspecified atom stereocenters. The normalized spacial score (nSPS) is 58.0. The number of ether oxygens (including phenoxy) is 1. The summed E-state index contributed by atoms with van der Waals surface area (Å²) < 4.78 is 35.1.